The fourth-order valence-electron chi connectivity index (χ4n) is 2.37. The smallest absolute Gasteiger partial charge is 0.202 e. The number of ketones is 1. The lowest BCUT2D eigenvalue weighted by atomic mass is 10.1. The van der Waals surface area contributed by atoms with Crippen molar-refractivity contribution in [3.8, 4) is 11.8 Å². The summed E-state index contributed by atoms with van der Waals surface area (Å²) in [5, 5.41) is 9.47. The summed E-state index contributed by atoms with van der Waals surface area (Å²) in [5.41, 5.74) is 1.75. The Hall–Kier alpha value is -3.23. The van der Waals surface area contributed by atoms with Crippen LogP contribution < -0.4 is 4.74 Å². The van der Waals surface area contributed by atoms with Gasteiger partial charge in [0.25, 0.3) is 0 Å². The third kappa shape index (κ3) is 3.88. The van der Waals surface area contributed by atoms with Crippen molar-refractivity contribution in [2.45, 2.75) is 0 Å². The average Bonchev–Trinajstić information content (AvgIpc) is 3.16. The fraction of sp³-hybridized carbons (Fsp3) is 0.0476. The third-order valence-electron chi connectivity index (χ3n) is 3.75. The van der Waals surface area contributed by atoms with Crippen molar-refractivity contribution in [3.05, 3.63) is 87.4 Å². The Morgan fingerprint density at radius 2 is 1.69 bits per heavy atom. The van der Waals surface area contributed by atoms with E-state index in [2.05, 4.69) is 6.07 Å². The predicted octanol–water partition coefficient (Wildman–Crippen LogP) is 5.19. The molecule has 3 aromatic rings. The number of ether oxygens (including phenoxy) is 1. The average molecular weight is 363 g/mol. The van der Waals surface area contributed by atoms with Crippen LogP contribution in [0.4, 0.5) is 4.39 Å². The molecule has 26 heavy (non-hydrogen) atoms. The van der Waals surface area contributed by atoms with Crippen molar-refractivity contribution in [3.63, 3.8) is 0 Å². The number of hydrogen-bond acceptors (Lipinski definition) is 4. The molecule has 0 N–H and O–H groups in total. The van der Waals surface area contributed by atoms with Crippen LogP contribution in [-0.4, -0.2) is 12.9 Å². The van der Waals surface area contributed by atoms with Crippen molar-refractivity contribution in [1.29, 1.82) is 5.26 Å². The van der Waals surface area contributed by atoms with Gasteiger partial charge in [-0.15, -0.1) is 11.3 Å². The van der Waals surface area contributed by atoms with Gasteiger partial charge in [-0.3, -0.25) is 4.79 Å². The number of hydrogen-bond donors (Lipinski definition) is 0. The monoisotopic (exact) mass is 363 g/mol. The molecule has 0 aliphatic heterocycles. The largest absolute Gasteiger partial charge is 0.497 e. The Balaban J connectivity index is 1.86. The van der Waals surface area contributed by atoms with Crippen LogP contribution in [0, 0.1) is 17.1 Å². The summed E-state index contributed by atoms with van der Waals surface area (Å²) in [5.74, 6) is 0.162. The van der Waals surface area contributed by atoms with Crippen molar-refractivity contribution in [1.82, 2.24) is 0 Å². The highest BCUT2D eigenvalue weighted by molar-refractivity contribution is 7.15. The minimum Gasteiger partial charge on any atom is -0.497 e. The van der Waals surface area contributed by atoms with E-state index < -0.39 is 0 Å². The van der Waals surface area contributed by atoms with E-state index in [9.17, 15) is 14.4 Å². The van der Waals surface area contributed by atoms with E-state index >= 15 is 0 Å². The van der Waals surface area contributed by atoms with Gasteiger partial charge in [0.1, 0.15) is 17.6 Å². The molecular weight excluding hydrogens is 349 g/mol. The maximum absolute atomic E-state index is 13.0. The zero-order valence-electron chi connectivity index (χ0n) is 13.9. The van der Waals surface area contributed by atoms with Crippen LogP contribution in [0.15, 0.2) is 60.7 Å². The third-order valence-corrected chi connectivity index (χ3v) is 4.87. The van der Waals surface area contributed by atoms with Gasteiger partial charge in [-0.2, -0.15) is 5.26 Å². The van der Waals surface area contributed by atoms with Crippen LogP contribution in [0.5, 0.6) is 5.75 Å². The van der Waals surface area contributed by atoms with Crippen molar-refractivity contribution in [2.24, 2.45) is 0 Å². The summed E-state index contributed by atoms with van der Waals surface area (Å²) in [7, 11) is 1.59. The standard InChI is InChI=1S/C21H14FNO2S/c1-25-18-8-2-14(3-9-18)12-16(13-23)19-10-11-20(26-19)21(24)15-4-6-17(22)7-5-15/h2-12H,1H3/b16-12+. The van der Waals surface area contributed by atoms with Gasteiger partial charge in [0.15, 0.2) is 0 Å². The van der Waals surface area contributed by atoms with Gasteiger partial charge in [0, 0.05) is 10.4 Å². The molecule has 0 spiro atoms. The first kappa shape index (κ1) is 17.6. The van der Waals surface area contributed by atoms with Crippen molar-refractivity contribution < 1.29 is 13.9 Å². The van der Waals surface area contributed by atoms with E-state index in [1.807, 2.05) is 24.3 Å². The van der Waals surface area contributed by atoms with E-state index in [0.717, 1.165) is 11.3 Å². The first-order valence-corrected chi connectivity index (χ1v) is 8.58. The number of allylic oxidation sites excluding steroid dienone is 1. The molecule has 5 heteroatoms. The Labute approximate surface area is 154 Å². The lowest BCUT2D eigenvalue weighted by Gasteiger charge is -2.00. The Morgan fingerprint density at radius 1 is 1.04 bits per heavy atom. The van der Waals surface area contributed by atoms with Gasteiger partial charge in [0.2, 0.25) is 5.78 Å². The van der Waals surface area contributed by atoms with E-state index in [4.69, 9.17) is 4.74 Å². The van der Waals surface area contributed by atoms with E-state index in [1.54, 1.807) is 25.3 Å². The molecule has 1 heterocycles. The number of thiophene rings is 1. The molecule has 128 valence electrons. The van der Waals surface area contributed by atoms with Gasteiger partial charge in [0.05, 0.1) is 17.6 Å². The number of carbonyl (C=O) groups excluding carboxylic acids is 1. The van der Waals surface area contributed by atoms with Gasteiger partial charge in [-0.05, 0) is 60.2 Å². The number of nitriles is 1. The first-order valence-electron chi connectivity index (χ1n) is 7.77. The molecule has 0 radical (unpaired) electrons. The summed E-state index contributed by atoms with van der Waals surface area (Å²) in [4.78, 5) is 13.7. The number of carbonyl (C=O) groups is 1. The summed E-state index contributed by atoms with van der Waals surface area (Å²) < 4.78 is 18.1. The molecule has 1 aromatic heterocycles. The van der Waals surface area contributed by atoms with Crippen LogP contribution in [0.1, 0.15) is 25.7 Å². The lowest BCUT2D eigenvalue weighted by molar-refractivity contribution is 0.104. The van der Waals surface area contributed by atoms with Crippen LogP contribution in [0.25, 0.3) is 11.6 Å². The fourth-order valence-corrected chi connectivity index (χ4v) is 3.31. The molecule has 0 saturated heterocycles. The Kier molecular flexibility index (Phi) is 5.26. The summed E-state index contributed by atoms with van der Waals surface area (Å²) in [6, 6.07) is 18.4. The second-order valence-electron chi connectivity index (χ2n) is 5.44. The number of methoxy groups -OCH3 is 1. The molecule has 0 saturated carbocycles. The molecule has 3 nitrogen and oxygen atoms in total. The van der Waals surface area contributed by atoms with E-state index in [1.165, 1.54) is 35.6 Å². The Bertz CT molecular complexity index is 996. The van der Waals surface area contributed by atoms with E-state index in [0.29, 0.717) is 20.9 Å². The SMILES string of the molecule is COc1ccc(/C=C(\C#N)c2ccc(C(=O)c3ccc(F)cc3)s2)cc1. The molecule has 3 rings (SSSR count). The highest BCUT2D eigenvalue weighted by Gasteiger charge is 2.14. The van der Waals surface area contributed by atoms with Gasteiger partial charge < -0.3 is 4.74 Å². The normalized spacial score (nSPS) is 11.0. The van der Waals surface area contributed by atoms with Gasteiger partial charge in [-0.25, -0.2) is 4.39 Å². The summed E-state index contributed by atoms with van der Waals surface area (Å²) in [6.45, 7) is 0. The van der Waals surface area contributed by atoms with Crippen LogP contribution in [0.2, 0.25) is 0 Å². The molecule has 0 unspecified atom stereocenters. The van der Waals surface area contributed by atoms with Crippen molar-refractivity contribution >= 4 is 28.8 Å². The topological polar surface area (TPSA) is 50.1 Å². The molecule has 0 fully saturated rings. The molecule has 0 atom stereocenters. The maximum atomic E-state index is 13.0. The molecule has 0 amide bonds. The van der Waals surface area contributed by atoms with Gasteiger partial charge >= 0.3 is 0 Å². The second kappa shape index (κ2) is 7.77. The second-order valence-corrected chi connectivity index (χ2v) is 6.53. The molecule has 2 aromatic carbocycles. The predicted molar refractivity (Wildman–Crippen MR) is 101 cm³/mol. The highest BCUT2D eigenvalue weighted by Crippen LogP contribution is 2.28. The van der Waals surface area contributed by atoms with Crippen LogP contribution in [-0.2, 0) is 0 Å². The zero-order valence-corrected chi connectivity index (χ0v) is 14.7. The maximum Gasteiger partial charge on any atom is 0.202 e. The molecule has 0 aliphatic carbocycles. The molecule has 0 bridgehead atoms. The summed E-state index contributed by atoms with van der Waals surface area (Å²) >= 11 is 1.24. The Morgan fingerprint density at radius 3 is 2.31 bits per heavy atom. The number of rotatable bonds is 5. The highest BCUT2D eigenvalue weighted by atomic mass is 32.1. The van der Waals surface area contributed by atoms with Gasteiger partial charge in [-0.1, -0.05) is 12.1 Å². The number of nitrogens with zero attached hydrogens (tertiary/aromatic N) is 1. The first-order chi connectivity index (χ1) is 12.6. The van der Waals surface area contributed by atoms with Crippen LogP contribution in [0.3, 0.4) is 0 Å². The quantitative estimate of drug-likeness (QED) is 0.463. The van der Waals surface area contributed by atoms with Crippen molar-refractivity contribution in [2.75, 3.05) is 7.11 Å². The molecule has 0 aliphatic rings. The van der Waals surface area contributed by atoms with E-state index in [-0.39, 0.29) is 11.6 Å². The minimum atomic E-state index is -0.386. The van der Waals surface area contributed by atoms with Crippen LogP contribution >= 0.6 is 11.3 Å². The number of halogens is 1. The summed E-state index contributed by atoms with van der Waals surface area (Å²) in [6.07, 6.45) is 1.76. The lowest BCUT2D eigenvalue weighted by Crippen LogP contribution is -1.97. The number of benzene rings is 2. The minimum absolute atomic E-state index is 0.192. The zero-order chi connectivity index (χ0) is 18.5. The molecular formula is C21H14FNO2S.